The smallest absolute Gasteiger partial charge is 0.408 e. The molecule has 2 amide bonds. The van der Waals surface area contributed by atoms with Gasteiger partial charge in [0.25, 0.3) is 0 Å². The van der Waals surface area contributed by atoms with Crippen molar-refractivity contribution in [3.63, 3.8) is 0 Å². The van der Waals surface area contributed by atoms with E-state index >= 15 is 0 Å². The number of anilines is 1. The summed E-state index contributed by atoms with van der Waals surface area (Å²) >= 11 is 0. The third-order valence-corrected chi connectivity index (χ3v) is 3.96. The molecular weight excluding hydrogens is 342 g/mol. The van der Waals surface area contributed by atoms with Gasteiger partial charge in [0.1, 0.15) is 5.60 Å². The molecule has 0 spiro atoms. The Morgan fingerprint density at radius 2 is 1.81 bits per heavy atom. The molecule has 0 bridgehead atoms. The molecule has 6 nitrogen and oxygen atoms in total. The van der Waals surface area contributed by atoms with E-state index in [1.54, 1.807) is 34.6 Å². The maximum atomic E-state index is 12.4. The van der Waals surface area contributed by atoms with Crippen LogP contribution in [0.5, 0.6) is 0 Å². The molecule has 1 aromatic heterocycles. The Morgan fingerprint density at radius 3 is 2.44 bits per heavy atom. The highest BCUT2D eigenvalue weighted by Gasteiger charge is 2.27. The van der Waals surface area contributed by atoms with Crippen LogP contribution < -0.4 is 10.6 Å². The van der Waals surface area contributed by atoms with Crippen molar-refractivity contribution in [3.8, 4) is 0 Å². The molecule has 1 aromatic carbocycles. The zero-order valence-corrected chi connectivity index (χ0v) is 17.2. The van der Waals surface area contributed by atoms with Gasteiger partial charge in [0.2, 0.25) is 5.91 Å². The molecule has 148 valence electrons. The fourth-order valence-electron chi connectivity index (χ4n) is 2.94. The van der Waals surface area contributed by atoms with Crippen LogP contribution in [0.2, 0.25) is 0 Å². The molecule has 6 heteroatoms. The predicted octanol–water partition coefficient (Wildman–Crippen LogP) is 4.68. The highest BCUT2D eigenvalue weighted by molar-refractivity contribution is 5.94. The number of fused-ring (bicyclic) bond motifs is 1. The fraction of sp³-hybridized carbons (Fsp3) is 0.524. The monoisotopic (exact) mass is 373 g/mol. The number of hydrogen-bond acceptors (Lipinski definition) is 3. The molecule has 0 saturated carbocycles. The second kappa shape index (κ2) is 8.03. The maximum Gasteiger partial charge on any atom is 0.408 e. The number of benzene rings is 1. The van der Waals surface area contributed by atoms with E-state index in [2.05, 4.69) is 34.4 Å². The first-order valence-electron chi connectivity index (χ1n) is 9.39. The van der Waals surface area contributed by atoms with E-state index in [4.69, 9.17) is 4.74 Å². The van der Waals surface area contributed by atoms with Gasteiger partial charge in [-0.15, -0.1) is 0 Å². The summed E-state index contributed by atoms with van der Waals surface area (Å²) in [6.45, 7) is 12.1. The second-order valence-corrected chi connectivity index (χ2v) is 8.52. The molecule has 1 heterocycles. The number of carbonyl (C=O) groups is 2. The van der Waals surface area contributed by atoms with E-state index in [0.717, 1.165) is 29.6 Å². The first-order chi connectivity index (χ1) is 12.5. The minimum Gasteiger partial charge on any atom is -0.444 e. The Labute approximate surface area is 161 Å². The standard InChI is InChI=1S/C21H31N3O3/c1-7-11-24-12-10-15-13-16(8-9-17(15)24)22-18(25)14-21(5,6)23-19(26)27-20(2,3)4/h8-10,12-13H,7,11,14H2,1-6H3,(H,22,25)(H,23,26). The van der Waals surface area contributed by atoms with E-state index < -0.39 is 17.2 Å². The molecule has 0 aliphatic carbocycles. The molecule has 0 aliphatic rings. The van der Waals surface area contributed by atoms with Crippen molar-refractivity contribution in [1.29, 1.82) is 0 Å². The Hall–Kier alpha value is -2.50. The molecule has 2 rings (SSSR count). The van der Waals surface area contributed by atoms with Crippen LogP contribution in [0.4, 0.5) is 10.5 Å². The SMILES string of the molecule is CCCn1ccc2cc(NC(=O)CC(C)(C)NC(=O)OC(C)(C)C)ccc21. The van der Waals surface area contributed by atoms with Crippen LogP contribution in [0.15, 0.2) is 30.5 Å². The van der Waals surface area contributed by atoms with Crippen LogP contribution in [-0.4, -0.2) is 27.7 Å². The Bertz CT molecular complexity index is 816. The van der Waals surface area contributed by atoms with E-state index in [1.165, 1.54) is 0 Å². The third kappa shape index (κ3) is 6.31. The van der Waals surface area contributed by atoms with Crippen LogP contribution in [0.25, 0.3) is 10.9 Å². The number of rotatable bonds is 6. The lowest BCUT2D eigenvalue weighted by Crippen LogP contribution is -2.47. The minimum absolute atomic E-state index is 0.140. The number of ether oxygens (including phenoxy) is 1. The van der Waals surface area contributed by atoms with Gasteiger partial charge in [-0.1, -0.05) is 6.92 Å². The summed E-state index contributed by atoms with van der Waals surface area (Å²) in [6, 6.07) is 7.94. The summed E-state index contributed by atoms with van der Waals surface area (Å²) < 4.78 is 7.46. The number of nitrogens with one attached hydrogen (secondary N) is 2. The maximum absolute atomic E-state index is 12.4. The third-order valence-electron chi connectivity index (χ3n) is 3.96. The molecule has 0 unspecified atom stereocenters. The molecule has 0 fully saturated rings. The topological polar surface area (TPSA) is 72.4 Å². The largest absolute Gasteiger partial charge is 0.444 e. The molecule has 2 N–H and O–H groups in total. The lowest BCUT2D eigenvalue weighted by Gasteiger charge is -2.28. The number of nitrogens with zero attached hydrogens (tertiary/aromatic N) is 1. The van der Waals surface area contributed by atoms with Gasteiger partial charge in [-0.05, 0) is 65.3 Å². The van der Waals surface area contributed by atoms with Crippen molar-refractivity contribution in [2.75, 3.05) is 5.32 Å². The van der Waals surface area contributed by atoms with E-state index in [1.807, 2.05) is 18.2 Å². The van der Waals surface area contributed by atoms with E-state index in [-0.39, 0.29) is 12.3 Å². The fourth-order valence-corrected chi connectivity index (χ4v) is 2.94. The zero-order chi connectivity index (χ0) is 20.2. The van der Waals surface area contributed by atoms with E-state index in [9.17, 15) is 9.59 Å². The molecule has 0 atom stereocenters. The summed E-state index contributed by atoms with van der Waals surface area (Å²) in [5.74, 6) is -0.164. The highest BCUT2D eigenvalue weighted by atomic mass is 16.6. The second-order valence-electron chi connectivity index (χ2n) is 8.52. The average molecular weight is 373 g/mol. The Morgan fingerprint density at radius 1 is 1.11 bits per heavy atom. The molecule has 0 saturated heterocycles. The van der Waals surface area contributed by atoms with Crippen LogP contribution in [-0.2, 0) is 16.1 Å². The summed E-state index contributed by atoms with van der Waals surface area (Å²) in [5.41, 5.74) is 0.601. The van der Waals surface area contributed by atoms with Crippen LogP contribution >= 0.6 is 0 Å². The van der Waals surface area contributed by atoms with Gasteiger partial charge in [0.05, 0.1) is 0 Å². The van der Waals surface area contributed by atoms with Crippen LogP contribution in [0.3, 0.4) is 0 Å². The minimum atomic E-state index is -0.721. The van der Waals surface area contributed by atoms with Gasteiger partial charge in [-0.25, -0.2) is 4.79 Å². The van der Waals surface area contributed by atoms with Crippen LogP contribution in [0.1, 0.15) is 54.4 Å². The summed E-state index contributed by atoms with van der Waals surface area (Å²) in [4.78, 5) is 24.4. The van der Waals surface area contributed by atoms with Crippen molar-refractivity contribution in [2.45, 2.75) is 72.1 Å². The van der Waals surface area contributed by atoms with Crippen molar-refractivity contribution in [3.05, 3.63) is 30.5 Å². The average Bonchev–Trinajstić information content (AvgIpc) is 2.86. The van der Waals surface area contributed by atoms with Gasteiger partial charge >= 0.3 is 6.09 Å². The van der Waals surface area contributed by atoms with E-state index in [0.29, 0.717) is 0 Å². The van der Waals surface area contributed by atoms with Gasteiger partial charge in [-0.3, -0.25) is 4.79 Å². The van der Waals surface area contributed by atoms with Crippen molar-refractivity contribution in [1.82, 2.24) is 9.88 Å². The van der Waals surface area contributed by atoms with Crippen molar-refractivity contribution >= 4 is 28.6 Å². The molecule has 27 heavy (non-hydrogen) atoms. The highest BCUT2D eigenvalue weighted by Crippen LogP contribution is 2.22. The molecular formula is C21H31N3O3. The normalized spacial score (nSPS) is 12.1. The first kappa shape index (κ1) is 20.8. The van der Waals surface area contributed by atoms with Crippen molar-refractivity contribution in [2.24, 2.45) is 0 Å². The van der Waals surface area contributed by atoms with Gasteiger partial charge in [0, 0.05) is 41.3 Å². The number of aromatic nitrogens is 1. The number of aryl methyl sites for hydroxylation is 1. The summed E-state index contributed by atoms with van der Waals surface area (Å²) in [5, 5.41) is 6.75. The molecule has 2 aromatic rings. The number of amides is 2. The number of alkyl carbamates (subject to hydrolysis) is 1. The first-order valence-corrected chi connectivity index (χ1v) is 9.39. The van der Waals surface area contributed by atoms with Gasteiger partial charge < -0.3 is 19.9 Å². The van der Waals surface area contributed by atoms with Gasteiger partial charge in [-0.2, -0.15) is 0 Å². The predicted molar refractivity (Wildman–Crippen MR) is 109 cm³/mol. The molecule has 0 aliphatic heterocycles. The summed E-state index contributed by atoms with van der Waals surface area (Å²) in [7, 11) is 0. The number of carbonyl (C=O) groups excluding carboxylic acids is 2. The lowest BCUT2D eigenvalue weighted by molar-refractivity contribution is -0.117. The molecule has 0 radical (unpaired) electrons. The van der Waals surface area contributed by atoms with Gasteiger partial charge in [0.15, 0.2) is 0 Å². The quantitative estimate of drug-likeness (QED) is 0.772. The summed E-state index contributed by atoms with van der Waals surface area (Å²) in [6.07, 6.45) is 2.75. The zero-order valence-electron chi connectivity index (χ0n) is 17.2. The number of hydrogen-bond donors (Lipinski definition) is 2. The van der Waals surface area contributed by atoms with Crippen molar-refractivity contribution < 1.29 is 14.3 Å². The Balaban J connectivity index is 1.98. The van der Waals surface area contributed by atoms with Crippen LogP contribution in [0, 0.1) is 0 Å². The Kier molecular flexibility index (Phi) is 6.19. The lowest BCUT2D eigenvalue weighted by atomic mass is 10.0.